The summed E-state index contributed by atoms with van der Waals surface area (Å²) in [4.78, 5) is 48.4. The van der Waals surface area contributed by atoms with Crippen molar-refractivity contribution in [2.45, 2.75) is 37.4 Å². The first-order chi connectivity index (χ1) is 26.1. The number of thiocarbonyl (C=S) groups is 1. The Morgan fingerprint density at radius 2 is 1.43 bits per heavy atom. The fraction of sp³-hybridized carbons (Fsp3) is 0.257. The van der Waals surface area contributed by atoms with E-state index in [0.717, 1.165) is 11.1 Å². The zero-order valence-corrected chi connectivity index (χ0v) is 29.3. The molecule has 54 heavy (non-hydrogen) atoms. The van der Waals surface area contributed by atoms with E-state index >= 15 is 0 Å². The Bertz CT molecular complexity index is 2120. The predicted octanol–water partition coefficient (Wildman–Crippen LogP) is 1.92. The molecule has 8 N–H and O–H groups in total. The van der Waals surface area contributed by atoms with Gasteiger partial charge in [-0.25, -0.2) is 15.0 Å². The van der Waals surface area contributed by atoms with Crippen LogP contribution in [0.15, 0.2) is 85.5 Å². The van der Waals surface area contributed by atoms with Gasteiger partial charge in [-0.05, 0) is 59.7 Å². The van der Waals surface area contributed by atoms with Crippen LogP contribution in [0, 0.1) is 10.1 Å². The van der Waals surface area contributed by atoms with E-state index < -0.39 is 36.1 Å². The van der Waals surface area contributed by atoms with Crippen LogP contribution >= 0.6 is 12.2 Å². The van der Waals surface area contributed by atoms with Gasteiger partial charge in [0.1, 0.15) is 24.6 Å². The number of imidazole rings is 1. The number of aliphatic hydroxyl groups is 3. The Morgan fingerprint density at radius 1 is 0.815 bits per heavy atom. The average molecular weight is 757 g/mol. The molecule has 280 valence electrons. The number of hydrogen-bond acceptors (Lipinski definition) is 13. The molecule has 18 nitrogen and oxygen atoms in total. The highest BCUT2D eigenvalue weighted by atomic mass is 32.1. The fourth-order valence-electron chi connectivity index (χ4n) is 5.65. The molecule has 1 saturated heterocycles. The Kier molecular flexibility index (Phi) is 11.9. The number of aliphatic hydroxyl groups excluding tert-OH is 3. The number of non-ortho nitro benzene ring substituents is 1. The summed E-state index contributed by atoms with van der Waals surface area (Å²) in [6, 6.07) is 20.0. The van der Waals surface area contributed by atoms with Crippen molar-refractivity contribution in [3.05, 3.63) is 107 Å². The van der Waals surface area contributed by atoms with Crippen LogP contribution < -0.4 is 26.6 Å². The van der Waals surface area contributed by atoms with Crippen molar-refractivity contribution in [2.24, 2.45) is 0 Å². The van der Waals surface area contributed by atoms with Gasteiger partial charge < -0.3 is 46.6 Å². The zero-order chi connectivity index (χ0) is 38.2. The van der Waals surface area contributed by atoms with Crippen molar-refractivity contribution in [3.8, 4) is 0 Å². The third kappa shape index (κ3) is 9.26. The highest BCUT2D eigenvalue weighted by Crippen LogP contribution is 2.32. The lowest BCUT2D eigenvalue weighted by atomic mass is 10.1. The zero-order valence-electron chi connectivity index (χ0n) is 28.5. The molecule has 19 heteroatoms. The monoisotopic (exact) mass is 756 g/mol. The van der Waals surface area contributed by atoms with Gasteiger partial charge >= 0.3 is 0 Å². The number of fused-ring (bicyclic) bond motifs is 1. The smallest absolute Gasteiger partial charge is 0.269 e. The largest absolute Gasteiger partial charge is 0.394 e. The topological polar surface area (TPSA) is 251 Å². The van der Waals surface area contributed by atoms with Crippen molar-refractivity contribution >= 4 is 68.9 Å². The van der Waals surface area contributed by atoms with Crippen molar-refractivity contribution in [2.75, 3.05) is 35.6 Å². The van der Waals surface area contributed by atoms with Crippen LogP contribution in [-0.2, 0) is 27.2 Å². The molecular formula is C35H36N10O8S. The number of nitrogens with zero attached hydrogens (tertiary/aromatic N) is 5. The number of rotatable bonds is 14. The van der Waals surface area contributed by atoms with Crippen molar-refractivity contribution in [3.63, 3.8) is 0 Å². The standard InChI is InChI=1S/C35H36N10O8S/c46-17-26-30(49)31(50)34(53-26)44-19-40-29-32(38-18-39-33(29)44)42-23-7-3-21(4-8-23)16-28(48)41-22-5-1-20(2-6-22)15-27(47)36-13-14-37-35(54)43-24-9-11-25(12-10-24)45(51)52/h1-12,18-19,26,30-31,34,46,49-50H,13-17H2,(H,36,47)(H,41,48)(H2,37,43,54)(H,38,39,42)/t26-,30-,31-,34-/m1/s1. The van der Waals surface area contributed by atoms with Gasteiger partial charge in [0.05, 0.1) is 30.7 Å². The summed E-state index contributed by atoms with van der Waals surface area (Å²) in [5.74, 6) is -0.0109. The number of nitro benzene ring substituents is 1. The first kappa shape index (κ1) is 37.6. The van der Waals surface area contributed by atoms with Gasteiger partial charge in [-0.1, -0.05) is 24.3 Å². The van der Waals surface area contributed by atoms with Gasteiger partial charge in [0.25, 0.3) is 5.69 Å². The molecule has 1 aliphatic rings. The van der Waals surface area contributed by atoms with E-state index in [-0.39, 0.29) is 30.3 Å². The van der Waals surface area contributed by atoms with Crippen molar-refractivity contribution in [1.29, 1.82) is 0 Å². The molecular weight excluding hydrogens is 721 g/mol. The minimum absolute atomic E-state index is 0.0211. The second kappa shape index (κ2) is 17.1. The van der Waals surface area contributed by atoms with E-state index in [1.165, 1.54) is 29.4 Å². The van der Waals surface area contributed by atoms with E-state index in [1.54, 1.807) is 60.7 Å². The summed E-state index contributed by atoms with van der Waals surface area (Å²) in [6.45, 7) is 0.240. The molecule has 3 aromatic carbocycles. The summed E-state index contributed by atoms with van der Waals surface area (Å²) < 4.78 is 7.09. The van der Waals surface area contributed by atoms with Crippen molar-refractivity contribution in [1.82, 2.24) is 30.2 Å². The normalized spacial score (nSPS) is 17.8. The van der Waals surface area contributed by atoms with E-state index in [9.17, 15) is 35.0 Å². The predicted molar refractivity (Wildman–Crippen MR) is 201 cm³/mol. The number of nitro groups is 1. The molecule has 1 aliphatic heterocycles. The molecule has 2 amide bonds. The lowest BCUT2D eigenvalue weighted by molar-refractivity contribution is -0.384. The summed E-state index contributed by atoms with van der Waals surface area (Å²) in [7, 11) is 0. The summed E-state index contributed by atoms with van der Waals surface area (Å²) >= 11 is 5.22. The minimum Gasteiger partial charge on any atom is -0.394 e. The first-order valence-corrected chi connectivity index (χ1v) is 17.1. The summed E-state index contributed by atoms with van der Waals surface area (Å²) in [5.41, 5.74) is 4.13. The third-order valence-electron chi connectivity index (χ3n) is 8.40. The SMILES string of the molecule is O=C(Cc1ccc(NC(=O)Cc2ccc(Nc3ncnc4c3ncn4[C@@H]3O[C@H](CO)[C@@H](O)[C@H]3O)cc2)cc1)NCCNC(=S)Nc1ccc([N+](=O)[O-])cc1. The molecule has 3 heterocycles. The molecule has 6 rings (SSSR count). The van der Waals surface area contributed by atoms with Crippen LogP contribution in [0.3, 0.4) is 0 Å². The van der Waals surface area contributed by atoms with Gasteiger partial charge in [0.2, 0.25) is 11.8 Å². The van der Waals surface area contributed by atoms with E-state index in [2.05, 4.69) is 41.5 Å². The number of hydrogen-bond donors (Lipinski definition) is 8. The number of carbonyl (C=O) groups excluding carboxylic acids is 2. The molecule has 0 radical (unpaired) electrons. The number of anilines is 4. The highest BCUT2D eigenvalue weighted by molar-refractivity contribution is 7.80. The maximum atomic E-state index is 12.8. The Balaban J connectivity index is 0.923. The molecule has 0 saturated carbocycles. The molecule has 5 aromatic rings. The van der Waals surface area contributed by atoms with Gasteiger partial charge in [-0.2, -0.15) is 0 Å². The van der Waals surface area contributed by atoms with Crippen LogP contribution in [0.25, 0.3) is 11.2 Å². The highest BCUT2D eigenvalue weighted by Gasteiger charge is 2.44. The Morgan fingerprint density at radius 3 is 2.07 bits per heavy atom. The molecule has 0 spiro atoms. The van der Waals surface area contributed by atoms with Gasteiger partial charge in [0.15, 0.2) is 28.3 Å². The molecule has 0 aliphatic carbocycles. The lowest BCUT2D eigenvalue weighted by Gasteiger charge is -2.16. The number of amides is 2. The summed E-state index contributed by atoms with van der Waals surface area (Å²) in [5, 5.41) is 55.8. The third-order valence-corrected chi connectivity index (χ3v) is 8.65. The van der Waals surface area contributed by atoms with Crippen LogP contribution in [0.1, 0.15) is 17.4 Å². The Hall–Kier alpha value is -6.12. The number of ether oxygens (including phenoxy) is 1. The Labute approximate surface area is 312 Å². The van der Waals surface area contributed by atoms with Gasteiger partial charge in [-0.3, -0.25) is 24.3 Å². The second-order valence-electron chi connectivity index (χ2n) is 12.2. The van der Waals surface area contributed by atoms with Crippen LogP contribution in [0.5, 0.6) is 0 Å². The van der Waals surface area contributed by atoms with E-state index in [1.807, 2.05) is 0 Å². The van der Waals surface area contributed by atoms with Crippen LogP contribution in [0.4, 0.5) is 28.6 Å². The van der Waals surface area contributed by atoms with E-state index in [4.69, 9.17) is 17.0 Å². The number of benzene rings is 3. The maximum Gasteiger partial charge on any atom is 0.269 e. The lowest BCUT2D eigenvalue weighted by Crippen LogP contribution is -2.37. The van der Waals surface area contributed by atoms with Crippen LogP contribution in [-0.4, -0.2) is 94.7 Å². The van der Waals surface area contributed by atoms with E-state index in [0.29, 0.717) is 52.2 Å². The number of aromatic nitrogens is 4. The number of carbonyl (C=O) groups is 2. The second-order valence-corrected chi connectivity index (χ2v) is 12.6. The molecule has 0 bridgehead atoms. The maximum absolute atomic E-state index is 12.8. The molecule has 4 atom stereocenters. The fourth-order valence-corrected chi connectivity index (χ4v) is 5.87. The van der Waals surface area contributed by atoms with Crippen molar-refractivity contribution < 1.29 is 34.6 Å². The first-order valence-electron chi connectivity index (χ1n) is 16.7. The van der Waals surface area contributed by atoms with Gasteiger partial charge in [0, 0.05) is 42.3 Å². The molecule has 0 unspecified atom stereocenters. The van der Waals surface area contributed by atoms with Gasteiger partial charge in [-0.15, -0.1) is 0 Å². The molecule has 2 aromatic heterocycles. The summed E-state index contributed by atoms with van der Waals surface area (Å²) in [6.07, 6.45) is -1.46. The quantitative estimate of drug-likeness (QED) is 0.0349. The average Bonchev–Trinajstić information content (AvgIpc) is 3.72. The van der Waals surface area contributed by atoms with Crippen LogP contribution in [0.2, 0.25) is 0 Å². The molecule has 1 fully saturated rings. The minimum atomic E-state index is -1.29. The number of nitrogens with one attached hydrogen (secondary N) is 5.